The molecule has 1 aromatic carbocycles. The molecule has 0 unspecified atom stereocenters. The van der Waals surface area contributed by atoms with Gasteiger partial charge in [0.1, 0.15) is 6.61 Å². The SMILES string of the molecule is NCCON=C(CCCC(=O)O)c1ccc(C(F)(F)F)cc1. The van der Waals surface area contributed by atoms with Crippen molar-refractivity contribution in [1.29, 1.82) is 0 Å². The largest absolute Gasteiger partial charge is 0.481 e. The Hall–Kier alpha value is -2.09. The van der Waals surface area contributed by atoms with E-state index in [0.717, 1.165) is 12.1 Å². The Bertz CT molecular complexity index is 513. The molecule has 5 nitrogen and oxygen atoms in total. The van der Waals surface area contributed by atoms with E-state index >= 15 is 0 Å². The predicted molar refractivity (Wildman–Crippen MR) is 74.5 cm³/mol. The number of alkyl halides is 3. The van der Waals surface area contributed by atoms with Gasteiger partial charge in [0.05, 0.1) is 11.3 Å². The van der Waals surface area contributed by atoms with Gasteiger partial charge in [-0.2, -0.15) is 13.2 Å². The van der Waals surface area contributed by atoms with Crippen LogP contribution in [0.15, 0.2) is 29.4 Å². The van der Waals surface area contributed by atoms with Crippen molar-refractivity contribution in [1.82, 2.24) is 0 Å². The van der Waals surface area contributed by atoms with Crippen molar-refractivity contribution in [2.75, 3.05) is 13.2 Å². The zero-order chi connectivity index (χ0) is 16.6. The van der Waals surface area contributed by atoms with Gasteiger partial charge in [-0.05, 0) is 30.5 Å². The van der Waals surface area contributed by atoms with E-state index in [1.807, 2.05) is 0 Å². The number of halogens is 3. The van der Waals surface area contributed by atoms with Crippen LogP contribution in [0.3, 0.4) is 0 Å². The number of rotatable bonds is 8. The Balaban J connectivity index is 2.85. The normalized spacial score (nSPS) is 12.3. The maximum absolute atomic E-state index is 12.5. The van der Waals surface area contributed by atoms with Gasteiger partial charge in [-0.15, -0.1) is 0 Å². The lowest BCUT2D eigenvalue weighted by Crippen LogP contribution is -2.10. The van der Waals surface area contributed by atoms with Gasteiger partial charge in [0.25, 0.3) is 0 Å². The van der Waals surface area contributed by atoms with Crippen LogP contribution in [0.2, 0.25) is 0 Å². The van der Waals surface area contributed by atoms with E-state index in [2.05, 4.69) is 5.16 Å². The summed E-state index contributed by atoms with van der Waals surface area (Å²) in [5.74, 6) is -0.949. The molecular formula is C14H17F3N2O3. The van der Waals surface area contributed by atoms with Crippen LogP contribution in [0.1, 0.15) is 30.4 Å². The lowest BCUT2D eigenvalue weighted by molar-refractivity contribution is -0.138. The number of nitrogens with zero attached hydrogens (tertiary/aromatic N) is 1. The number of carboxylic acids is 1. The maximum Gasteiger partial charge on any atom is 0.416 e. The van der Waals surface area contributed by atoms with Gasteiger partial charge in [0, 0.05) is 13.0 Å². The summed E-state index contributed by atoms with van der Waals surface area (Å²) in [4.78, 5) is 15.5. The fraction of sp³-hybridized carbons (Fsp3) is 0.429. The average molecular weight is 318 g/mol. The third-order valence-corrected chi connectivity index (χ3v) is 2.73. The number of benzene rings is 1. The van der Waals surface area contributed by atoms with Crippen LogP contribution < -0.4 is 5.73 Å². The van der Waals surface area contributed by atoms with E-state index in [1.54, 1.807) is 0 Å². The molecule has 3 N–H and O–H groups in total. The topological polar surface area (TPSA) is 84.9 Å². The number of aliphatic carboxylic acids is 1. The summed E-state index contributed by atoms with van der Waals surface area (Å²) < 4.78 is 37.6. The molecule has 0 aliphatic rings. The first-order chi connectivity index (χ1) is 10.3. The highest BCUT2D eigenvalue weighted by Crippen LogP contribution is 2.29. The summed E-state index contributed by atoms with van der Waals surface area (Å²) in [7, 11) is 0. The van der Waals surface area contributed by atoms with Crippen LogP contribution in [-0.4, -0.2) is 29.9 Å². The van der Waals surface area contributed by atoms with Gasteiger partial charge in [-0.25, -0.2) is 0 Å². The first kappa shape index (κ1) is 18.0. The molecule has 0 aliphatic heterocycles. The second-order valence-electron chi connectivity index (χ2n) is 4.48. The third-order valence-electron chi connectivity index (χ3n) is 2.73. The van der Waals surface area contributed by atoms with Crippen molar-refractivity contribution < 1.29 is 27.9 Å². The van der Waals surface area contributed by atoms with Gasteiger partial charge in [0.15, 0.2) is 0 Å². The molecule has 1 aromatic rings. The van der Waals surface area contributed by atoms with Crippen molar-refractivity contribution in [2.24, 2.45) is 10.9 Å². The molecule has 0 spiro atoms. The van der Waals surface area contributed by atoms with Crippen LogP contribution in [-0.2, 0) is 15.8 Å². The van der Waals surface area contributed by atoms with Gasteiger partial charge < -0.3 is 15.7 Å². The third kappa shape index (κ3) is 6.13. The molecule has 8 heteroatoms. The quantitative estimate of drug-likeness (QED) is 0.438. The van der Waals surface area contributed by atoms with E-state index in [9.17, 15) is 18.0 Å². The minimum absolute atomic E-state index is 0.0590. The number of nitrogens with two attached hydrogens (primary N) is 1. The first-order valence-corrected chi connectivity index (χ1v) is 6.63. The first-order valence-electron chi connectivity index (χ1n) is 6.63. The summed E-state index contributed by atoms with van der Waals surface area (Å²) >= 11 is 0. The van der Waals surface area contributed by atoms with Crippen LogP contribution in [0.5, 0.6) is 0 Å². The Morgan fingerprint density at radius 2 is 1.86 bits per heavy atom. The molecule has 22 heavy (non-hydrogen) atoms. The lowest BCUT2D eigenvalue weighted by atomic mass is 10.0. The number of carbonyl (C=O) groups is 1. The monoisotopic (exact) mass is 318 g/mol. The molecule has 1 rings (SSSR count). The molecule has 0 saturated carbocycles. The summed E-state index contributed by atoms with van der Waals surface area (Å²) in [5.41, 5.74) is 5.35. The van der Waals surface area contributed by atoms with Crippen LogP contribution in [0.25, 0.3) is 0 Å². The van der Waals surface area contributed by atoms with Gasteiger partial charge in [-0.3, -0.25) is 4.79 Å². The second kappa shape index (κ2) is 8.38. The summed E-state index contributed by atoms with van der Waals surface area (Å²) in [6.45, 7) is 0.419. The van der Waals surface area contributed by atoms with E-state index in [-0.39, 0.29) is 26.0 Å². The second-order valence-corrected chi connectivity index (χ2v) is 4.48. The molecule has 0 atom stereocenters. The van der Waals surface area contributed by atoms with E-state index < -0.39 is 17.7 Å². The maximum atomic E-state index is 12.5. The Kier molecular flexibility index (Phi) is 6.84. The molecule has 0 heterocycles. The van der Waals surface area contributed by atoms with Crippen molar-refractivity contribution in [3.8, 4) is 0 Å². The van der Waals surface area contributed by atoms with Crippen LogP contribution in [0, 0.1) is 0 Å². The predicted octanol–water partition coefficient (Wildman–Crippen LogP) is 2.64. The minimum Gasteiger partial charge on any atom is -0.481 e. The molecule has 0 aliphatic carbocycles. The van der Waals surface area contributed by atoms with Crippen molar-refractivity contribution >= 4 is 11.7 Å². The lowest BCUT2D eigenvalue weighted by Gasteiger charge is -2.09. The van der Waals surface area contributed by atoms with E-state index in [0.29, 0.717) is 17.7 Å². The average Bonchev–Trinajstić information content (AvgIpc) is 2.45. The molecule has 0 radical (unpaired) electrons. The van der Waals surface area contributed by atoms with Crippen molar-refractivity contribution in [2.45, 2.75) is 25.4 Å². The zero-order valence-corrected chi connectivity index (χ0v) is 11.8. The Morgan fingerprint density at radius 3 is 2.36 bits per heavy atom. The Labute approximate surface area is 125 Å². The van der Waals surface area contributed by atoms with Crippen LogP contribution in [0.4, 0.5) is 13.2 Å². The molecule has 122 valence electrons. The highest BCUT2D eigenvalue weighted by Gasteiger charge is 2.30. The zero-order valence-electron chi connectivity index (χ0n) is 11.8. The van der Waals surface area contributed by atoms with E-state index in [4.69, 9.17) is 15.7 Å². The summed E-state index contributed by atoms with van der Waals surface area (Å²) in [6.07, 6.45) is -3.88. The smallest absolute Gasteiger partial charge is 0.416 e. The van der Waals surface area contributed by atoms with Crippen molar-refractivity contribution in [3.05, 3.63) is 35.4 Å². The van der Waals surface area contributed by atoms with Crippen molar-refractivity contribution in [3.63, 3.8) is 0 Å². The molecular weight excluding hydrogens is 301 g/mol. The van der Waals surface area contributed by atoms with Crippen LogP contribution >= 0.6 is 0 Å². The number of carboxylic acid groups (broad SMARTS) is 1. The fourth-order valence-corrected chi connectivity index (χ4v) is 1.68. The van der Waals surface area contributed by atoms with E-state index in [1.165, 1.54) is 12.1 Å². The highest BCUT2D eigenvalue weighted by molar-refractivity contribution is 6.00. The summed E-state index contributed by atoms with van der Waals surface area (Å²) in [5, 5.41) is 12.5. The Morgan fingerprint density at radius 1 is 1.23 bits per heavy atom. The molecule has 0 aromatic heterocycles. The molecule has 0 bridgehead atoms. The van der Waals surface area contributed by atoms with Gasteiger partial charge >= 0.3 is 12.1 Å². The minimum atomic E-state index is -4.41. The number of hydrogen-bond donors (Lipinski definition) is 2. The highest BCUT2D eigenvalue weighted by atomic mass is 19.4. The molecule has 0 amide bonds. The molecule has 0 fully saturated rings. The standard InChI is InChI=1S/C14H17F3N2O3/c15-14(16,17)11-6-4-10(5-7-11)12(19-22-9-8-18)2-1-3-13(20)21/h4-7H,1-3,8-9,18H2,(H,20,21). The summed E-state index contributed by atoms with van der Waals surface area (Å²) in [6, 6.07) is 4.47. The number of oxime groups is 1. The van der Waals surface area contributed by atoms with Gasteiger partial charge in [0.2, 0.25) is 0 Å². The molecule has 0 saturated heterocycles. The van der Waals surface area contributed by atoms with Gasteiger partial charge in [-0.1, -0.05) is 17.3 Å². The number of hydrogen-bond acceptors (Lipinski definition) is 4. The fourth-order valence-electron chi connectivity index (χ4n) is 1.68.